The van der Waals surface area contributed by atoms with E-state index in [9.17, 15) is 14.7 Å². The average Bonchev–Trinajstić information content (AvgIpc) is 2.95. The molecule has 5 N–H and O–H groups in total. The van der Waals surface area contributed by atoms with Gasteiger partial charge in [0.2, 0.25) is 0 Å². The second-order valence-corrected chi connectivity index (χ2v) is 11.2. The van der Waals surface area contributed by atoms with Gasteiger partial charge in [0.25, 0.3) is 5.91 Å². The van der Waals surface area contributed by atoms with Gasteiger partial charge in [-0.2, -0.15) is 0 Å². The molecule has 0 bridgehead atoms. The zero-order valence-electron chi connectivity index (χ0n) is 25.1. The van der Waals surface area contributed by atoms with Crippen LogP contribution in [0.1, 0.15) is 74.0 Å². The summed E-state index contributed by atoms with van der Waals surface area (Å²) in [6.07, 6.45) is 3.42. The summed E-state index contributed by atoms with van der Waals surface area (Å²) in [5, 5.41) is 13.8. The number of piperazine rings is 2. The summed E-state index contributed by atoms with van der Waals surface area (Å²) < 4.78 is 4.99. The Kier molecular flexibility index (Phi) is 12.6. The number of nitrogens with zero attached hydrogens (tertiary/aromatic N) is 3. The molecule has 226 valence electrons. The van der Waals surface area contributed by atoms with E-state index in [0.717, 1.165) is 63.1 Å². The van der Waals surface area contributed by atoms with Gasteiger partial charge < -0.3 is 26.2 Å². The highest BCUT2D eigenvalue weighted by Crippen LogP contribution is 2.33. The minimum atomic E-state index is -0.107. The number of unbranched alkanes of at least 4 members (excludes halogenated alkanes) is 2. The average molecular weight is 568 g/mol. The normalized spacial score (nSPS) is 20.7. The van der Waals surface area contributed by atoms with Crippen LogP contribution in [0.15, 0.2) is 48.5 Å². The van der Waals surface area contributed by atoms with Gasteiger partial charge in [0, 0.05) is 63.3 Å². The van der Waals surface area contributed by atoms with Crippen LogP contribution in [0.4, 0.5) is 0 Å². The number of benzene rings is 2. The van der Waals surface area contributed by atoms with Crippen molar-refractivity contribution in [3.05, 3.63) is 65.2 Å². The van der Waals surface area contributed by atoms with Crippen LogP contribution >= 0.6 is 0 Å². The van der Waals surface area contributed by atoms with Gasteiger partial charge >= 0.3 is 5.97 Å². The van der Waals surface area contributed by atoms with Gasteiger partial charge in [-0.1, -0.05) is 30.7 Å². The van der Waals surface area contributed by atoms with Gasteiger partial charge in [0.1, 0.15) is 5.75 Å². The van der Waals surface area contributed by atoms with Crippen molar-refractivity contribution in [2.24, 2.45) is 0 Å². The van der Waals surface area contributed by atoms with Gasteiger partial charge in [-0.15, -0.1) is 0 Å². The molecule has 2 fully saturated rings. The van der Waals surface area contributed by atoms with E-state index in [-0.39, 0.29) is 29.8 Å². The molecule has 4 rings (SSSR count). The Hall–Kier alpha value is -2.98. The third kappa shape index (κ3) is 9.00. The Labute approximate surface area is 245 Å². The first-order valence-corrected chi connectivity index (χ1v) is 14.9. The number of carbonyl (C=O) groups excluding carboxylic acids is 2. The number of rotatable bonds is 11. The molecule has 41 heavy (non-hydrogen) atoms. The van der Waals surface area contributed by atoms with Crippen molar-refractivity contribution in [3.63, 3.8) is 0 Å². The van der Waals surface area contributed by atoms with E-state index in [4.69, 9.17) is 4.74 Å². The molecule has 2 saturated heterocycles. The molecule has 2 aliphatic rings. The summed E-state index contributed by atoms with van der Waals surface area (Å²) in [6, 6.07) is 16.2. The summed E-state index contributed by atoms with van der Waals surface area (Å²) >= 11 is 0. The van der Waals surface area contributed by atoms with Crippen molar-refractivity contribution >= 4 is 11.9 Å². The Morgan fingerprint density at radius 1 is 1.00 bits per heavy atom. The van der Waals surface area contributed by atoms with Crippen molar-refractivity contribution in [2.75, 3.05) is 52.4 Å². The second kappa shape index (κ2) is 15.9. The Morgan fingerprint density at radius 3 is 2.41 bits per heavy atom. The molecule has 9 heteroatoms. The van der Waals surface area contributed by atoms with Gasteiger partial charge in [-0.3, -0.25) is 19.4 Å². The van der Waals surface area contributed by atoms with Gasteiger partial charge in [-0.05, 0) is 75.5 Å². The molecule has 0 spiro atoms. The first kappa shape index (κ1) is 32.5. The molecule has 2 aromatic carbocycles. The van der Waals surface area contributed by atoms with E-state index in [1.54, 1.807) is 6.07 Å². The smallest absolute Gasteiger partial charge is 0.305 e. The number of aromatic hydroxyl groups is 1. The maximum atomic E-state index is 13.6. The predicted molar refractivity (Wildman–Crippen MR) is 162 cm³/mol. The minimum absolute atomic E-state index is 0. The van der Waals surface area contributed by atoms with Crippen molar-refractivity contribution in [1.29, 1.82) is 0 Å². The molecule has 3 atom stereocenters. The maximum absolute atomic E-state index is 13.6. The third-order valence-electron chi connectivity index (χ3n) is 8.10. The number of carbonyl (C=O) groups is 2. The van der Waals surface area contributed by atoms with Crippen LogP contribution in [0.2, 0.25) is 0 Å². The molecular weight excluding hydrogens is 518 g/mol. The number of amides is 1. The van der Waals surface area contributed by atoms with Crippen LogP contribution in [0.25, 0.3) is 0 Å². The lowest BCUT2D eigenvalue weighted by Gasteiger charge is -2.43. The number of phenols is 1. The number of esters is 1. The Bertz CT molecular complexity index is 1120. The lowest BCUT2D eigenvalue weighted by Crippen LogP contribution is -2.55. The molecule has 0 saturated carbocycles. The number of phenolic OH excluding ortho intramolecular Hbond substituents is 1. The quantitative estimate of drug-likeness (QED) is 0.273. The Morgan fingerprint density at radius 2 is 1.71 bits per heavy atom. The van der Waals surface area contributed by atoms with Crippen LogP contribution < -0.4 is 11.5 Å². The lowest BCUT2D eigenvalue weighted by molar-refractivity contribution is -0.143. The summed E-state index contributed by atoms with van der Waals surface area (Å²) in [5.41, 5.74) is 2.81. The molecule has 2 aromatic rings. The number of nitrogens with one attached hydrogen (secondary N) is 1. The van der Waals surface area contributed by atoms with Gasteiger partial charge in [0.05, 0.1) is 12.6 Å². The molecule has 9 nitrogen and oxygen atoms in total. The minimum Gasteiger partial charge on any atom is -0.508 e. The fourth-order valence-corrected chi connectivity index (χ4v) is 5.89. The van der Waals surface area contributed by atoms with E-state index < -0.39 is 0 Å². The molecule has 0 unspecified atom stereocenters. The monoisotopic (exact) mass is 567 g/mol. The predicted octanol–water partition coefficient (Wildman–Crippen LogP) is 4.21. The molecule has 0 aromatic heterocycles. The summed E-state index contributed by atoms with van der Waals surface area (Å²) in [7, 11) is 0. The molecule has 0 aliphatic carbocycles. The molecular formula is C32H49N5O4. The van der Waals surface area contributed by atoms with E-state index in [2.05, 4.69) is 41.1 Å². The maximum Gasteiger partial charge on any atom is 0.305 e. The molecule has 0 radical (unpaired) electrons. The third-order valence-corrected chi connectivity index (χ3v) is 8.10. The van der Waals surface area contributed by atoms with Crippen LogP contribution in [0.3, 0.4) is 0 Å². The second-order valence-electron chi connectivity index (χ2n) is 11.2. The van der Waals surface area contributed by atoms with E-state index >= 15 is 0 Å². The molecule has 2 aliphatic heterocycles. The van der Waals surface area contributed by atoms with Crippen molar-refractivity contribution in [3.8, 4) is 5.75 Å². The van der Waals surface area contributed by atoms with Crippen molar-refractivity contribution < 1.29 is 19.4 Å². The van der Waals surface area contributed by atoms with E-state index in [1.165, 1.54) is 0 Å². The van der Waals surface area contributed by atoms with Crippen LogP contribution in [0.5, 0.6) is 5.75 Å². The summed E-state index contributed by atoms with van der Waals surface area (Å²) in [4.78, 5) is 31.9. The number of hydrogen-bond donors (Lipinski definition) is 3. The lowest BCUT2D eigenvalue weighted by atomic mass is 9.92. The number of hydrogen-bond acceptors (Lipinski definition) is 8. The van der Waals surface area contributed by atoms with Gasteiger partial charge in [0.15, 0.2) is 0 Å². The van der Waals surface area contributed by atoms with Crippen molar-refractivity contribution in [2.45, 2.75) is 64.6 Å². The highest BCUT2D eigenvalue weighted by molar-refractivity contribution is 5.94. The first-order valence-electron chi connectivity index (χ1n) is 14.9. The summed E-state index contributed by atoms with van der Waals surface area (Å²) in [6.45, 7) is 12.6. The van der Waals surface area contributed by atoms with Crippen LogP contribution in [-0.2, 0) is 9.53 Å². The first-order chi connectivity index (χ1) is 19.4. The standard InChI is InChI=1S/C32H46N4O4.H3N/c1-4-40-30(38)14-6-5-7-15-34-16-18-35(19-17-34)32(39)28-12-8-10-26(20-28)31(27-11-9-13-29(37)21-27)36-23-24(2)33-22-25(36)3;/h8-13,20-21,24-25,31,33,37H,4-7,14-19,22-23H2,1-3H3;1H3/t24-,25+,31-;/m1./s1. The fourth-order valence-electron chi connectivity index (χ4n) is 5.89. The van der Waals surface area contributed by atoms with Gasteiger partial charge in [-0.25, -0.2) is 0 Å². The highest BCUT2D eigenvalue weighted by atomic mass is 16.5. The van der Waals surface area contributed by atoms with Crippen LogP contribution in [0, 0.1) is 0 Å². The molecule has 1 amide bonds. The Balaban J connectivity index is 0.00000462. The van der Waals surface area contributed by atoms with Crippen LogP contribution in [-0.4, -0.2) is 96.2 Å². The highest BCUT2D eigenvalue weighted by Gasteiger charge is 2.32. The van der Waals surface area contributed by atoms with Crippen molar-refractivity contribution in [1.82, 2.24) is 26.2 Å². The van der Waals surface area contributed by atoms with E-state index in [1.807, 2.05) is 42.2 Å². The zero-order valence-corrected chi connectivity index (χ0v) is 25.1. The number of ether oxygens (including phenoxy) is 1. The van der Waals surface area contributed by atoms with E-state index in [0.29, 0.717) is 43.8 Å². The molecule has 2 heterocycles. The topological polar surface area (TPSA) is 120 Å². The largest absolute Gasteiger partial charge is 0.508 e. The zero-order chi connectivity index (χ0) is 28.5. The SMILES string of the molecule is CCOC(=O)CCCCCN1CCN(C(=O)c2cccc([C@H](c3cccc(O)c3)N3C[C@@H](C)NC[C@@H]3C)c2)CC1.N. The fraction of sp³-hybridized carbons (Fsp3) is 0.562. The summed E-state index contributed by atoms with van der Waals surface area (Å²) in [5.74, 6) is 0.221.